The molecule has 27 heavy (non-hydrogen) atoms. The lowest BCUT2D eigenvalue weighted by Crippen LogP contribution is -2.22. The number of carbonyl (C=O) groups excluding carboxylic acids is 1. The van der Waals surface area contributed by atoms with Gasteiger partial charge in [0.25, 0.3) is 0 Å². The van der Waals surface area contributed by atoms with E-state index in [0.717, 1.165) is 34.4 Å². The van der Waals surface area contributed by atoms with Crippen LogP contribution in [0.3, 0.4) is 0 Å². The van der Waals surface area contributed by atoms with Gasteiger partial charge in [-0.25, -0.2) is 9.97 Å². The van der Waals surface area contributed by atoms with Crippen LogP contribution in [0.2, 0.25) is 0 Å². The number of pyridine rings is 1. The van der Waals surface area contributed by atoms with Gasteiger partial charge < -0.3 is 10.1 Å². The first-order valence-corrected chi connectivity index (χ1v) is 10.1. The Bertz CT molecular complexity index is 971. The molecule has 0 saturated carbocycles. The van der Waals surface area contributed by atoms with E-state index in [4.69, 9.17) is 14.7 Å². The minimum Gasteiger partial charge on any atom is -0.466 e. The molecule has 1 aliphatic carbocycles. The third-order valence-electron chi connectivity index (χ3n) is 4.65. The first kappa shape index (κ1) is 17.9. The number of aryl methyl sites for hydroxylation is 2. The fraction of sp³-hybridized carbons (Fsp3) is 0.400. The summed E-state index contributed by atoms with van der Waals surface area (Å²) in [4.78, 5) is 28.0. The van der Waals surface area contributed by atoms with E-state index in [1.165, 1.54) is 16.9 Å². The number of nitrogens with one attached hydrogen (secondary N) is 1. The van der Waals surface area contributed by atoms with Crippen LogP contribution in [0, 0.1) is 0 Å². The van der Waals surface area contributed by atoms with Crippen LogP contribution in [0.4, 0.5) is 5.82 Å². The highest BCUT2D eigenvalue weighted by Gasteiger charge is 2.23. The second-order valence-electron chi connectivity index (χ2n) is 6.73. The van der Waals surface area contributed by atoms with E-state index in [0.29, 0.717) is 18.9 Å². The second-order valence-corrected chi connectivity index (χ2v) is 7.81. The molecule has 1 atom stereocenters. The third-order valence-corrected chi connectivity index (χ3v) is 5.83. The van der Waals surface area contributed by atoms with Crippen molar-refractivity contribution in [2.24, 2.45) is 0 Å². The molecule has 1 N–H and O–H groups in total. The topological polar surface area (TPSA) is 77.0 Å². The lowest BCUT2D eigenvalue weighted by atomic mass is 10.1. The van der Waals surface area contributed by atoms with Crippen molar-refractivity contribution in [1.82, 2.24) is 15.0 Å². The second kappa shape index (κ2) is 7.60. The van der Waals surface area contributed by atoms with E-state index in [9.17, 15) is 4.79 Å². The number of ether oxygens (including phenoxy) is 1. The molecule has 0 aliphatic heterocycles. The highest BCUT2D eigenvalue weighted by molar-refractivity contribution is 7.19. The molecule has 0 radical (unpaired) electrons. The van der Waals surface area contributed by atoms with Gasteiger partial charge in [-0.05, 0) is 50.8 Å². The molecule has 4 rings (SSSR count). The zero-order chi connectivity index (χ0) is 18.8. The van der Waals surface area contributed by atoms with E-state index >= 15 is 0 Å². The van der Waals surface area contributed by atoms with Crippen LogP contribution < -0.4 is 5.32 Å². The molecular weight excluding hydrogens is 360 g/mol. The minimum atomic E-state index is -0.203. The summed E-state index contributed by atoms with van der Waals surface area (Å²) in [5.74, 6) is 1.25. The fourth-order valence-electron chi connectivity index (χ4n) is 3.48. The molecule has 140 valence electrons. The summed E-state index contributed by atoms with van der Waals surface area (Å²) in [6, 6.07) is 3.76. The Morgan fingerprint density at radius 1 is 1.37 bits per heavy atom. The van der Waals surface area contributed by atoms with E-state index in [1.54, 1.807) is 23.7 Å². The van der Waals surface area contributed by atoms with Crippen molar-refractivity contribution >= 4 is 33.3 Å². The molecule has 6 nitrogen and oxygen atoms in total. The van der Waals surface area contributed by atoms with Crippen molar-refractivity contribution < 1.29 is 9.53 Å². The number of hydrogen-bond acceptors (Lipinski definition) is 7. The number of anilines is 1. The van der Waals surface area contributed by atoms with Gasteiger partial charge in [-0.1, -0.05) is 0 Å². The largest absolute Gasteiger partial charge is 0.466 e. The predicted molar refractivity (Wildman–Crippen MR) is 107 cm³/mol. The summed E-state index contributed by atoms with van der Waals surface area (Å²) < 4.78 is 5.07. The number of nitrogens with zero attached hydrogens (tertiary/aromatic N) is 3. The van der Waals surface area contributed by atoms with Gasteiger partial charge in [0, 0.05) is 28.9 Å². The average Bonchev–Trinajstić information content (AvgIpc) is 3.23. The summed E-state index contributed by atoms with van der Waals surface area (Å²) in [7, 11) is 0. The predicted octanol–water partition coefficient (Wildman–Crippen LogP) is 4.00. The maximum absolute atomic E-state index is 11.8. The maximum Gasteiger partial charge on any atom is 0.307 e. The summed E-state index contributed by atoms with van der Waals surface area (Å²) in [6.07, 6.45) is 7.16. The van der Waals surface area contributed by atoms with Gasteiger partial charge in [0.2, 0.25) is 0 Å². The molecule has 7 heteroatoms. The number of fused-ring (bicyclic) bond motifs is 3. The molecule has 1 aliphatic rings. The van der Waals surface area contributed by atoms with E-state index in [1.807, 2.05) is 26.0 Å². The molecule has 3 heterocycles. The van der Waals surface area contributed by atoms with Crippen molar-refractivity contribution in [3.05, 3.63) is 35.0 Å². The van der Waals surface area contributed by atoms with Gasteiger partial charge in [0.05, 0.1) is 18.4 Å². The van der Waals surface area contributed by atoms with Crippen molar-refractivity contribution in [3.63, 3.8) is 0 Å². The van der Waals surface area contributed by atoms with Crippen LogP contribution in [0.25, 0.3) is 21.6 Å². The van der Waals surface area contributed by atoms with Crippen LogP contribution in [-0.4, -0.2) is 33.6 Å². The van der Waals surface area contributed by atoms with E-state index in [-0.39, 0.29) is 12.0 Å². The van der Waals surface area contributed by atoms with Gasteiger partial charge in [-0.15, -0.1) is 11.3 Å². The Balaban J connectivity index is 1.73. The Morgan fingerprint density at radius 3 is 3.04 bits per heavy atom. The zero-order valence-electron chi connectivity index (χ0n) is 15.5. The number of rotatable bonds is 6. The van der Waals surface area contributed by atoms with Crippen LogP contribution >= 0.6 is 11.3 Å². The van der Waals surface area contributed by atoms with Crippen LogP contribution in [0.1, 0.15) is 37.1 Å². The molecule has 3 aromatic heterocycles. The fourth-order valence-corrected chi connectivity index (χ4v) is 4.74. The van der Waals surface area contributed by atoms with Crippen LogP contribution in [0.15, 0.2) is 24.5 Å². The standard InChI is InChI=1S/C20H22N4O2S/c1-3-26-16(25)10-12(2)22-19-17-14-7-4-8-15(14)27-20(17)24-18(23-19)13-6-5-9-21-11-13/h5-6,9,11-12H,3-4,7-8,10H2,1-2H3,(H,22,23,24). The molecule has 0 bridgehead atoms. The molecule has 0 aromatic carbocycles. The lowest BCUT2D eigenvalue weighted by Gasteiger charge is -2.16. The average molecular weight is 382 g/mol. The Morgan fingerprint density at radius 2 is 2.26 bits per heavy atom. The molecule has 0 fully saturated rings. The van der Waals surface area contributed by atoms with Crippen LogP contribution in [0.5, 0.6) is 0 Å². The number of aromatic nitrogens is 3. The Labute approximate surface area is 162 Å². The number of thiophene rings is 1. The van der Waals surface area contributed by atoms with Crippen LogP contribution in [-0.2, 0) is 22.4 Å². The smallest absolute Gasteiger partial charge is 0.307 e. The third kappa shape index (κ3) is 3.64. The Hall–Kier alpha value is -2.54. The zero-order valence-corrected chi connectivity index (χ0v) is 16.3. The van der Waals surface area contributed by atoms with Crippen molar-refractivity contribution in [2.45, 2.75) is 45.6 Å². The highest BCUT2D eigenvalue weighted by atomic mass is 32.1. The molecule has 1 unspecified atom stereocenters. The summed E-state index contributed by atoms with van der Waals surface area (Å²) in [5.41, 5.74) is 2.24. The van der Waals surface area contributed by atoms with Gasteiger partial charge in [-0.3, -0.25) is 9.78 Å². The van der Waals surface area contributed by atoms with Gasteiger partial charge >= 0.3 is 5.97 Å². The first-order valence-electron chi connectivity index (χ1n) is 9.30. The summed E-state index contributed by atoms with van der Waals surface area (Å²) in [6.45, 7) is 4.19. The van der Waals surface area contributed by atoms with Gasteiger partial charge in [0.1, 0.15) is 10.6 Å². The first-order chi connectivity index (χ1) is 13.2. The molecule has 0 spiro atoms. The lowest BCUT2D eigenvalue weighted by molar-refractivity contribution is -0.143. The monoisotopic (exact) mass is 382 g/mol. The maximum atomic E-state index is 11.8. The van der Waals surface area contributed by atoms with Gasteiger partial charge in [-0.2, -0.15) is 0 Å². The van der Waals surface area contributed by atoms with Crippen molar-refractivity contribution in [2.75, 3.05) is 11.9 Å². The quantitative estimate of drug-likeness (QED) is 0.650. The SMILES string of the molecule is CCOC(=O)CC(C)Nc1nc(-c2cccnc2)nc2sc3c(c12)CCC3. The summed E-state index contributed by atoms with van der Waals surface area (Å²) >= 11 is 1.76. The number of hydrogen-bond donors (Lipinski definition) is 1. The molecular formula is C20H22N4O2S. The molecule has 0 amide bonds. The Kier molecular flexibility index (Phi) is 5.03. The van der Waals surface area contributed by atoms with E-state index < -0.39 is 0 Å². The minimum absolute atomic E-state index is 0.0825. The van der Waals surface area contributed by atoms with Gasteiger partial charge in [0.15, 0.2) is 5.82 Å². The number of carbonyl (C=O) groups is 1. The summed E-state index contributed by atoms with van der Waals surface area (Å²) in [5, 5.41) is 4.54. The normalized spacial score (nSPS) is 14.1. The molecule has 0 saturated heterocycles. The highest BCUT2D eigenvalue weighted by Crippen LogP contribution is 2.40. The number of esters is 1. The van der Waals surface area contributed by atoms with Crippen molar-refractivity contribution in [1.29, 1.82) is 0 Å². The van der Waals surface area contributed by atoms with Crippen molar-refractivity contribution in [3.8, 4) is 11.4 Å². The van der Waals surface area contributed by atoms with E-state index in [2.05, 4.69) is 10.3 Å². The molecule has 3 aromatic rings.